The Morgan fingerprint density at radius 2 is 1.55 bits per heavy atom. The molecule has 0 fully saturated rings. The predicted molar refractivity (Wildman–Crippen MR) is 141 cm³/mol. The lowest BCUT2D eigenvalue weighted by molar-refractivity contribution is -0.158. The van der Waals surface area contributed by atoms with Gasteiger partial charge in [0.05, 0.1) is 21.6 Å². The van der Waals surface area contributed by atoms with Crippen LogP contribution < -0.4 is 4.74 Å². The zero-order valence-corrected chi connectivity index (χ0v) is 22.5. The van der Waals surface area contributed by atoms with Gasteiger partial charge in [-0.2, -0.15) is 4.31 Å². The van der Waals surface area contributed by atoms with Crippen LogP contribution in [0.4, 0.5) is 0 Å². The average Bonchev–Trinajstić information content (AvgIpc) is 2.92. The SMILES string of the molecule is CC#CCOc1ccc(S(=O)(=O)CC(c2ccc(CN(C)S(=O)(=O)c3ccccc3)cc2)N(O)C=O)cc1. The van der Waals surface area contributed by atoms with E-state index >= 15 is 0 Å². The molecule has 0 saturated carbocycles. The summed E-state index contributed by atoms with van der Waals surface area (Å²) in [5.74, 6) is 5.32. The van der Waals surface area contributed by atoms with Crippen LogP contribution in [0.1, 0.15) is 24.1 Å². The van der Waals surface area contributed by atoms with Gasteiger partial charge in [-0.15, -0.1) is 5.92 Å². The highest BCUT2D eigenvalue weighted by molar-refractivity contribution is 7.91. The zero-order chi connectivity index (χ0) is 27.8. The van der Waals surface area contributed by atoms with E-state index in [-0.39, 0.29) is 29.4 Å². The summed E-state index contributed by atoms with van der Waals surface area (Å²) < 4.78 is 58.3. The molecule has 0 saturated heterocycles. The highest BCUT2D eigenvalue weighted by Gasteiger charge is 2.27. The second kappa shape index (κ2) is 12.7. The molecule has 1 amide bonds. The molecular weight excluding hydrogens is 528 g/mol. The van der Waals surface area contributed by atoms with Crippen molar-refractivity contribution in [2.45, 2.75) is 29.3 Å². The van der Waals surface area contributed by atoms with Crippen LogP contribution in [0.15, 0.2) is 88.7 Å². The minimum absolute atomic E-state index is 0.0000817. The van der Waals surface area contributed by atoms with Crippen molar-refractivity contribution in [1.82, 2.24) is 9.37 Å². The number of benzene rings is 3. The Morgan fingerprint density at radius 1 is 0.921 bits per heavy atom. The monoisotopic (exact) mass is 556 g/mol. The number of sulfonamides is 1. The maximum Gasteiger partial charge on any atom is 0.243 e. The van der Waals surface area contributed by atoms with E-state index in [4.69, 9.17) is 4.74 Å². The lowest BCUT2D eigenvalue weighted by Gasteiger charge is -2.23. The van der Waals surface area contributed by atoms with Gasteiger partial charge in [-0.25, -0.2) is 21.9 Å². The molecule has 0 aliphatic carbocycles. The minimum atomic E-state index is -3.92. The molecule has 1 unspecified atom stereocenters. The molecule has 0 heterocycles. The molecule has 38 heavy (non-hydrogen) atoms. The quantitative estimate of drug-likeness (QED) is 0.157. The summed E-state index contributed by atoms with van der Waals surface area (Å²) in [6, 6.07) is 19.0. The molecule has 0 radical (unpaired) electrons. The molecular formula is C27H28N2O7S2. The second-order valence-electron chi connectivity index (χ2n) is 8.29. The molecule has 0 aliphatic rings. The lowest BCUT2D eigenvalue weighted by Crippen LogP contribution is -2.30. The van der Waals surface area contributed by atoms with Crippen molar-refractivity contribution in [2.75, 3.05) is 19.4 Å². The third-order valence-electron chi connectivity index (χ3n) is 5.70. The third-order valence-corrected chi connectivity index (χ3v) is 9.26. The van der Waals surface area contributed by atoms with E-state index in [1.165, 1.54) is 47.8 Å². The summed E-state index contributed by atoms with van der Waals surface area (Å²) in [7, 11) is -6.16. The predicted octanol–water partition coefficient (Wildman–Crippen LogP) is 3.27. The Bertz CT molecular complexity index is 1500. The summed E-state index contributed by atoms with van der Waals surface area (Å²) in [5, 5.41) is 10.5. The fraction of sp³-hybridized carbons (Fsp3) is 0.222. The molecule has 11 heteroatoms. The molecule has 0 aromatic heterocycles. The summed E-state index contributed by atoms with van der Waals surface area (Å²) >= 11 is 0. The largest absolute Gasteiger partial charge is 0.481 e. The minimum Gasteiger partial charge on any atom is -0.481 e. The van der Waals surface area contributed by atoms with Gasteiger partial charge in [-0.1, -0.05) is 48.4 Å². The van der Waals surface area contributed by atoms with Gasteiger partial charge in [0.25, 0.3) is 0 Å². The van der Waals surface area contributed by atoms with Gasteiger partial charge in [-0.3, -0.25) is 10.0 Å². The van der Waals surface area contributed by atoms with Crippen molar-refractivity contribution in [2.24, 2.45) is 0 Å². The summed E-state index contributed by atoms with van der Waals surface area (Å²) in [4.78, 5) is 11.5. The van der Waals surface area contributed by atoms with Crippen LogP contribution in [0.5, 0.6) is 5.75 Å². The number of carbonyl (C=O) groups excluding carboxylic acids is 1. The van der Waals surface area contributed by atoms with Crippen LogP contribution in [-0.2, 0) is 31.2 Å². The lowest BCUT2D eigenvalue weighted by atomic mass is 10.1. The number of ether oxygens (including phenoxy) is 1. The fourth-order valence-electron chi connectivity index (χ4n) is 3.60. The molecule has 0 bridgehead atoms. The number of carbonyl (C=O) groups is 1. The number of hydroxylamine groups is 2. The Balaban J connectivity index is 1.76. The average molecular weight is 557 g/mol. The van der Waals surface area contributed by atoms with E-state index in [0.717, 1.165) is 0 Å². The molecule has 1 atom stereocenters. The highest BCUT2D eigenvalue weighted by Crippen LogP contribution is 2.26. The summed E-state index contributed by atoms with van der Waals surface area (Å²) in [5.41, 5.74) is 0.995. The first-order valence-corrected chi connectivity index (χ1v) is 14.6. The Morgan fingerprint density at radius 3 is 2.13 bits per heavy atom. The van der Waals surface area contributed by atoms with Gasteiger partial charge in [0.2, 0.25) is 16.4 Å². The Kier molecular flexibility index (Phi) is 9.66. The molecule has 3 rings (SSSR count). The van der Waals surface area contributed by atoms with Crippen LogP contribution in [0.3, 0.4) is 0 Å². The summed E-state index contributed by atoms with van der Waals surface area (Å²) in [6.07, 6.45) is 0.139. The molecule has 0 aliphatic heterocycles. The highest BCUT2D eigenvalue weighted by atomic mass is 32.2. The number of rotatable bonds is 12. The number of amides is 1. The van der Waals surface area contributed by atoms with Crippen molar-refractivity contribution in [3.05, 3.63) is 90.0 Å². The molecule has 1 N–H and O–H groups in total. The first kappa shape index (κ1) is 28.9. The zero-order valence-electron chi connectivity index (χ0n) is 20.9. The standard InChI is InChI=1S/C27H28N2O7S2/c1-3-4-18-36-24-14-16-25(17-15-24)37(32,33)20-27(29(31)21-30)23-12-10-22(11-13-23)19-28(2)38(34,35)26-8-6-5-7-9-26/h5-17,21,27,31H,18-20H2,1-2H3. The van der Waals surface area contributed by atoms with Crippen LogP contribution in [0.2, 0.25) is 0 Å². The van der Waals surface area contributed by atoms with Crippen molar-refractivity contribution < 1.29 is 31.6 Å². The van der Waals surface area contributed by atoms with Gasteiger partial charge in [0.1, 0.15) is 12.4 Å². The molecule has 0 spiro atoms. The fourth-order valence-corrected chi connectivity index (χ4v) is 6.28. The third kappa shape index (κ3) is 7.20. The van der Waals surface area contributed by atoms with Crippen molar-refractivity contribution in [3.8, 4) is 17.6 Å². The molecule has 3 aromatic carbocycles. The smallest absolute Gasteiger partial charge is 0.243 e. The van der Waals surface area contributed by atoms with E-state index in [2.05, 4.69) is 11.8 Å². The van der Waals surface area contributed by atoms with E-state index in [0.29, 0.717) is 21.9 Å². The Labute approximate surface area is 223 Å². The maximum atomic E-state index is 13.1. The van der Waals surface area contributed by atoms with E-state index in [1.807, 2.05) is 0 Å². The number of sulfone groups is 1. The number of hydrogen-bond acceptors (Lipinski definition) is 7. The maximum absolute atomic E-state index is 13.1. The van der Waals surface area contributed by atoms with Gasteiger partial charge in [-0.05, 0) is 54.4 Å². The van der Waals surface area contributed by atoms with Crippen LogP contribution in [0, 0.1) is 11.8 Å². The first-order chi connectivity index (χ1) is 18.1. The van der Waals surface area contributed by atoms with Crippen molar-refractivity contribution in [1.29, 1.82) is 0 Å². The van der Waals surface area contributed by atoms with Crippen LogP contribution in [0.25, 0.3) is 0 Å². The Hall–Kier alpha value is -3.69. The van der Waals surface area contributed by atoms with Crippen molar-refractivity contribution in [3.63, 3.8) is 0 Å². The number of nitrogens with zero attached hydrogens (tertiary/aromatic N) is 2. The van der Waals surface area contributed by atoms with Crippen LogP contribution in [-0.4, -0.2) is 57.2 Å². The summed E-state index contributed by atoms with van der Waals surface area (Å²) in [6.45, 7) is 1.92. The van der Waals surface area contributed by atoms with E-state index in [1.54, 1.807) is 49.4 Å². The first-order valence-electron chi connectivity index (χ1n) is 11.5. The van der Waals surface area contributed by atoms with Gasteiger partial charge < -0.3 is 4.74 Å². The van der Waals surface area contributed by atoms with Gasteiger partial charge in [0.15, 0.2) is 9.84 Å². The van der Waals surface area contributed by atoms with E-state index < -0.39 is 31.7 Å². The second-order valence-corrected chi connectivity index (χ2v) is 12.4. The molecule has 200 valence electrons. The van der Waals surface area contributed by atoms with E-state index in [9.17, 15) is 26.8 Å². The topological polar surface area (TPSA) is 121 Å². The number of hydrogen-bond donors (Lipinski definition) is 1. The molecule has 9 nitrogen and oxygen atoms in total. The molecule has 3 aromatic rings. The van der Waals surface area contributed by atoms with Gasteiger partial charge in [0, 0.05) is 13.6 Å². The van der Waals surface area contributed by atoms with Gasteiger partial charge >= 0.3 is 0 Å². The normalized spacial score (nSPS) is 12.3. The van der Waals surface area contributed by atoms with Crippen LogP contribution >= 0.6 is 0 Å². The van der Waals surface area contributed by atoms with Crippen molar-refractivity contribution >= 4 is 26.3 Å².